The minimum absolute atomic E-state index is 0.0589. The molecule has 0 aromatic heterocycles. The molecule has 1 rings (SSSR count). The fraction of sp³-hybridized carbons (Fsp3) is 0.300. The van der Waals surface area contributed by atoms with Crippen molar-refractivity contribution >= 4 is 27.5 Å². The third-order valence-electron chi connectivity index (χ3n) is 2.00. The van der Waals surface area contributed by atoms with Crippen molar-refractivity contribution in [2.24, 2.45) is 10.9 Å². The first-order valence-corrected chi connectivity index (χ1v) is 5.86. The Bertz CT molecular complexity index is 466. The lowest BCUT2D eigenvalue weighted by Gasteiger charge is -2.12. The molecule has 9 heteroatoms. The number of alkyl halides is 3. The molecule has 0 saturated carbocycles. The van der Waals surface area contributed by atoms with Crippen LogP contribution in [0.3, 0.4) is 0 Å². The summed E-state index contributed by atoms with van der Waals surface area (Å²) in [6.07, 6.45) is -4.43. The zero-order valence-electron chi connectivity index (χ0n) is 9.54. The number of benzene rings is 1. The highest BCUT2D eigenvalue weighted by atomic mass is 79.9. The molecule has 0 saturated heterocycles. The monoisotopic (exact) mass is 341 g/mol. The molecule has 0 amide bonds. The van der Waals surface area contributed by atoms with Gasteiger partial charge in [0, 0.05) is 18.7 Å². The Morgan fingerprint density at radius 3 is 2.68 bits per heavy atom. The molecule has 0 heterocycles. The van der Waals surface area contributed by atoms with Crippen molar-refractivity contribution in [3.63, 3.8) is 0 Å². The predicted molar refractivity (Wildman–Crippen MR) is 67.3 cm³/mol. The summed E-state index contributed by atoms with van der Waals surface area (Å²) in [5.74, 6) is -0.266. The van der Waals surface area contributed by atoms with Gasteiger partial charge in [0.1, 0.15) is 11.6 Å². The molecule has 0 spiro atoms. The molecule has 0 unspecified atom stereocenters. The van der Waals surface area contributed by atoms with E-state index >= 15 is 0 Å². The van der Waals surface area contributed by atoms with Gasteiger partial charge in [-0.1, -0.05) is 5.16 Å². The van der Waals surface area contributed by atoms with Crippen LogP contribution < -0.4 is 15.8 Å². The molecule has 1 aromatic rings. The van der Waals surface area contributed by atoms with Crippen LogP contribution in [-0.2, 0) is 0 Å². The Morgan fingerprint density at radius 1 is 1.47 bits per heavy atom. The molecule has 0 aliphatic rings. The SMILES string of the molecule is N/C(CCNc1ccc(OC(F)(F)F)c(Br)c1)=N/O. The second kappa shape index (κ2) is 6.50. The number of amidine groups is 1. The van der Waals surface area contributed by atoms with E-state index in [4.69, 9.17) is 10.9 Å². The first-order valence-electron chi connectivity index (χ1n) is 5.07. The quantitative estimate of drug-likeness (QED) is 0.333. The number of hydrogen-bond donors (Lipinski definition) is 3. The minimum Gasteiger partial charge on any atom is -0.409 e. The molecule has 0 bridgehead atoms. The average Bonchev–Trinajstić information content (AvgIpc) is 2.31. The van der Waals surface area contributed by atoms with Crippen LogP contribution in [0.25, 0.3) is 0 Å². The molecular formula is C10H11BrF3N3O2. The predicted octanol–water partition coefficient (Wildman–Crippen LogP) is 2.90. The average molecular weight is 342 g/mol. The van der Waals surface area contributed by atoms with Crippen molar-refractivity contribution in [3.05, 3.63) is 22.7 Å². The summed E-state index contributed by atoms with van der Waals surface area (Å²) in [5.41, 5.74) is 5.84. The summed E-state index contributed by atoms with van der Waals surface area (Å²) >= 11 is 2.98. The van der Waals surface area contributed by atoms with E-state index in [-0.39, 0.29) is 16.1 Å². The molecule has 4 N–H and O–H groups in total. The van der Waals surface area contributed by atoms with E-state index in [1.807, 2.05) is 0 Å². The zero-order valence-corrected chi connectivity index (χ0v) is 11.1. The number of nitrogens with two attached hydrogens (primary N) is 1. The van der Waals surface area contributed by atoms with E-state index in [1.165, 1.54) is 18.2 Å². The van der Waals surface area contributed by atoms with Gasteiger partial charge >= 0.3 is 6.36 Å². The van der Waals surface area contributed by atoms with Gasteiger partial charge in [0.2, 0.25) is 0 Å². The van der Waals surface area contributed by atoms with E-state index in [0.717, 1.165) is 0 Å². The first kappa shape index (κ1) is 15.4. The smallest absolute Gasteiger partial charge is 0.409 e. The van der Waals surface area contributed by atoms with Crippen LogP contribution in [0.15, 0.2) is 27.8 Å². The standard InChI is InChI=1S/C10H11BrF3N3O2/c11-7-5-6(16-4-3-9(15)17-18)1-2-8(7)19-10(12,13)14/h1-2,5,16,18H,3-4H2,(H2,15,17). The van der Waals surface area contributed by atoms with E-state index < -0.39 is 6.36 Å². The third kappa shape index (κ3) is 5.69. The third-order valence-corrected chi connectivity index (χ3v) is 2.62. The lowest BCUT2D eigenvalue weighted by atomic mass is 10.3. The van der Waals surface area contributed by atoms with Crippen LogP contribution in [0.1, 0.15) is 6.42 Å². The Hall–Kier alpha value is -1.64. The number of anilines is 1. The molecule has 0 radical (unpaired) electrons. The van der Waals surface area contributed by atoms with Gasteiger partial charge in [-0.15, -0.1) is 13.2 Å². The maximum absolute atomic E-state index is 12.0. The number of nitrogens with one attached hydrogen (secondary N) is 1. The topological polar surface area (TPSA) is 79.9 Å². The van der Waals surface area contributed by atoms with Gasteiger partial charge in [-0.25, -0.2) is 0 Å². The van der Waals surface area contributed by atoms with Gasteiger partial charge < -0.3 is 21.0 Å². The van der Waals surface area contributed by atoms with Crippen LogP contribution in [0.5, 0.6) is 5.75 Å². The molecule has 0 fully saturated rings. The molecule has 0 aliphatic carbocycles. The summed E-state index contributed by atoms with van der Waals surface area (Å²) in [4.78, 5) is 0. The number of nitrogens with zero attached hydrogens (tertiary/aromatic N) is 1. The lowest BCUT2D eigenvalue weighted by Crippen LogP contribution is -2.18. The zero-order chi connectivity index (χ0) is 14.5. The number of rotatable bonds is 5. The highest BCUT2D eigenvalue weighted by Gasteiger charge is 2.31. The van der Waals surface area contributed by atoms with Gasteiger partial charge in [-0.05, 0) is 34.1 Å². The number of oxime groups is 1. The van der Waals surface area contributed by atoms with Crippen molar-refractivity contribution in [1.82, 2.24) is 0 Å². The Labute approximate surface area is 115 Å². The van der Waals surface area contributed by atoms with Crippen LogP contribution in [0, 0.1) is 0 Å². The number of halogens is 4. The largest absolute Gasteiger partial charge is 0.573 e. The first-order chi connectivity index (χ1) is 8.81. The maximum Gasteiger partial charge on any atom is 0.573 e. The van der Waals surface area contributed by atoms with E-state index in [9.17, 15) is 13.2 Å². The Balaban J connectivity index is 2.62. The van der Waals surface area contributed by atoms with Crippen molar-refractivity contribution in [3.8, 4) is 5.75 Å². The van der Waals surface area contributed by atoms with E-state index in [2.05, 4.69) is 31.1 Å². The highest BCUT2D eigenvalue weighted by molar-refractivity contribution is 9.10. The van der Waals surface area contributed by atoms with E-state index in [0.29, 0.717) is 18.7 Å². The van der Waals surface area contributed by atoms with Crippen molar-refractivity contribution in [2.75, 3.05) is 11.9 Å². The lowest BCUT2D eigenvalue weighted by molar-refractivity contribution is -0.274. The molecule has 0 atom stereocenters. The normalized spacial score (nSPS) is 12.3. The summed E-state index contributed by atoms with van der Waals surface area (Å²) in [5, 5.41) is 14.0. The molecule has 0 aliphatic heterocycles. The molecule has 5 nitrogen and oxygen atoms in total. The van der Waals surface area contributed by atoms with Crippen molar-refractivity contribution in [2.45, 2.75) is 12.8 Å². The minimum atomic E-state index is -4.73. The molecule has 106 valence electrons. The summed E-state index contributed by atoms with van der Waals surface area (Å²) < 4.78 is 40.1. The Kier molecular flexibility index (Phi) is 5.28. The van der Waals surface area contributed by atoms with Gasteiger partial charge in [-0.2, -0.15) is 0 Å². The van der Waals surface area contributed by atoms with Crippen LogP contribution >= 0.6 is 15.9 Å². The summed E-state index contributed by atoms with van der Waals surface area (Å²) in [6, 6.07) is 4.05. The van der Waals surface area contributed by atoms with Gasteiger partial charge in [0.25, 0.3) is 0 Å². The van der Waals surface area contributed by atoms with Crippen LogP contribution in [0.4, 0.5) is 18.9 Å². The van der Waals surface area contributed by atoms with Gasteiger partial charge in [-0.3, -0.25) is 0 Å². The molecular weight excluding hydrogens is 331 g/mol. The van der Waals surface area contributed by atoms with Crippen LogP contribution in [0.2, 0.25) is 0 Å². The fourth-order valence-corrected chi connectivity index (χ4v) is 1.66. The van der Waals surface area contributed by atoms with Crippen molar-refractivity contribution in [1.29, 1.82) is 0 Å². The molecule has 19 heavy (non-hydrogen) atoms. The second-order valence-corrected chi connectivity index (χ2v) is 4.32. The fourth-order valence-electron chi connectivity index (χ4n) is 1.20. The van der Waals surface area contributed by atoms with E-state index in [1.54, 1.807) is 0 Å². The second-order valence-electron chi connectivity index (χ2n) is 3.46. The summed E-state index contributed by atoms with van der Waals surface area (Å²) in [6.45, 7) is 0.377. The molecule has 1 aromatic carbocycles. The van der Waals surface area contributed by atoms with Crippen LogP contribution in [-0.4, -0.2) is 23.9 Å². The van der Waals surface area contributed by atoms with Crippen molar-refractivity contribution < 1.29 is 23.1 Å². The summed E-state index contributed by atoms with van der Waals surface area (Å²) in [7, 11) is 0. The highest BCUT2D eigenvalue weighted by Crippen LogP contribution is 2.32. The Morgan fingerprint density at radius 2 is 2.16 bits per heavy atom. The number of hydrogen-bond acceptors (Lipinski definition) is 4. The van der Waals surface area contributed by atoms with Gasteiger partial charge in [0.05, 0.1) is 4.47 Å². The van der Waals surface area contributed by atoms with Gasteiger partial charge in [0.15, 0.2) is 0 Å². The number of ether oxygens (including phenoxy) is 1. The maximum atomic E-state index is 12.0.